The van der Waals surface area contributed by atoms with E-state index in [1.807, 2.05) is 37.3 Å². The maximum atomic E-state index is 11.7. The summed E-state index contributed by atoms with van der Waals surface area (Å²) in [5.74, 6) is 0.966. The Bertz CT molecular complexity index is 537. The second-order valence-corrected chi connectivity index (χ2v) is 4.38. The Kier molecular flexibility index (Phi) is 4.30. The zero-order valence-electron chi connectivity index (χ0n) is 11.0. The standard InChI is InChI=1S/C14H17N3O2/c1-10-8-13(17-19-10)16-14(18)9-15-11(2)12-6-4-3-5-7-12/h3-8,11,15H,9H2,1-2H3,(H,16,17,18)/t11-/m0/s1. The fraction of sp³-hybridized carbons (Fsp3) is 0.286. The molecule has 1 heterocycles. The maximum absolute atomic E-state index is 11.7. The summed E-state index contributed by atoms with van der Waals surface area (Å²) < 4.78 is 4.88. The van der Waals surface area contributed by atoms with Gasteiger partial charge in [-0.3, -0.25) is 4.79 Å². The molecule has 0 saturated heterocycles. The summed E-state index contributed by atoms with van der Waals surface area (Å²) in [5.41, 5.74) is 1.15. The lowest BCUT2D eigenvalue weighted by Gasteiger charge is -2.13. The van der Waals surface area contributed by atoms with Crippen LogP contribution in [-0.4, -0.2) is 17.6 Å². The molecule has 0 aliphatic heterocycles. The van der Waals surface area contributed by atoms with Gasteiger partial charge in [0, 0.05) is 12.1 Å². The topological polar surface area (TPSA) is 67.2 Å². The van der Waals surface area contributed by atoms with Crippen LogP contribution in [0.25, 0.3) is 0 Å². The highest BCUT2D eigenvalue weighted by molar-refractivity contribution is 5.91. The molecule has 0 fully saturated rings. The molecule has 0 bridgehead atoms. The molecule has 5 nitrogen and oxygen atoms in total. The molecule has 0 unspecified atom stereocenters. The molecule has 2 aromatic rings. The van der Waals surface area contributed by atoms with Crippen molar-refractivity contribution in [2.24, 2.45) is 0 Å². The van der Waals surface area contributed by atoms with Crippen molar-refractivity contribution in [3.05, 3.63) is 47.7 Å². The smallest absolute Gasteiger partial charge is 0.239 e. The zero-order valence-corrected chi connectivity index (χ0v) is 11.0. The van der Waals surface area contributed by atoms with Gasteiger partial charge in [0.25, 0.3) is 0 Å². The third-order valence-electron chi connectivity index (χ3n) is 2.76. The monoisotopic (exact) mass is 259 g/mol. The minimum absolute atomic E-state index is 0.117. The van der Waals surface area contributed by atoms with Crippen molar-refractivity contribution in [3.63, 3.8) is 0 Å². The van der Waals surface area contributed by atoms with E-state index in [4.69, 9.17) is 4.52 Å². The molecule has 0 aliphatic rings. The van der Waals surface area contributed by atoms with Gasteiger partial charge in [-0.2, -0.15) is 0 Å². The van der Waals surface area contributed by atoms with Crippen LogP contribution in [0.2, 0.25) is 0 Å². The Hall–Kier alpha value is -2.14. The lowest BCUT2D eigenvalue weighted by Crippen LogP contribution is -2.30. The number of hydrogen-bond acceptors (Lipinski definition) is 4. The number of carbonyl (C=O) groups excluding carboxylic acids is 1. The fourth-order valence-corrected chi connectivity index (χ4v) is 1.72. The van der Waals surface area contributed by atoms with E-state index < -0.39 is 0 Å². The van der Waals surface area contributed by atoms with E-state index in [1.165, 1.54) is 0 Å². The summed E-state index contributed by atoms with van der Waals surface area (Å²) in [6.45, 7) is 4.02. The normalized spacial score (nSPS) is 12.1. The fourth-order valence-electron chi connectivity index (χ4n) is 1.72. The van der Waals surface area contributed by atoms with Crippen molar-refractivity contribution < 1.29 is 9.32 Å². The summed E-state index contributed by atoms with van der Waals surface area (Å²) in [4.78, 5) is 11.7. The van der Waals surface area contributed by atoms with E-state index in [0.717, 1.165) is 5.56 Å². The first-order valence-corrected chi connectivity index (χ1v) is 6.16. The molecule has 0 aliphatic carbocycles. The number of benzene rings is 1. The SMILES string of the molecule is Cc1cc(NC(=O)CN[C@@H](C)c2ccccc2)no1. The van der Waals surface area contributed by atoms with Crippen molar-refractivity contribution in [2.45, 2.75) is 19.9 Å². The number of hydrogen-bond donors (Lipinski definition) is 2. The maximum Gasteiger partial charge on any atom is 0.239 e. The number of aromatic nitrogens is 1. The third-order valence-corrected chi connectivity index (χ3v) is 2.76. The van der Waals surface area contributed by atoms with Crippen LogP contribution in [0, 0.1) is 6.92 Å². The van der Waals surface area contributed by atoms with Crippen molar-refractivity contribution in [2.75, 3.05) is 11.9 Å². The number of anilines is 1. The van der Waals surface area contributed by atoms with Crippen LogP contribution in [0.1, 0.15) is 24.3 Å². The van der Waals surface area contributed by atoms with Gasteiger partial charge in [0.05, 0.1) is 6.54 Å². The molecule has 100 valence electrons. The highest BCUT2D eigenvalue weighted by Crippen LogP contribution is 2.11. The van der Waals surface area contributed by atoms with E-state index in [2.05, 4.69) is 15.8 Å². The van der Waals surface area contributed by atoms with E-state index in [-0.39, 0.29) is 18.5 Å². The first kappa shape index (κ1) is 13.3. The Balaban J connectivity index is 1.80. The minimum Gasteiger partial charge on any atom is -0.360 e. The summed E-state index contributed by atoms with van der Waals surface area (Å²) >= 11 is 0. The molecule has 1 atom stereocenters. The first-order chi connectivity index (χ1) is 9.15. The van der Waals surface area contributed by atoms with Gasteiger partial charge in [-0.05, 0) is 19.4 Å². The van der Waals surface area contributed by atoms with Gasteiger partial charge < -0.3 is 15.2 Å². The van der Waals surface area contributed by atoms with Gasteiger partial charge in [-0.25, -0.2) is 0 Å². The van der Waals surface area contributed by atoms with Gasteiger partial charge in [0.1, 0.15) is 5.76 Å². The number of aryl methyl sites for hydroxylation is 1. The lowest BCUT2D eigenvalue weighted by molar-refractivity contribution is -0.115. The number of amides is 1. The predicted molar refractivity (Wildman–Crippen MR) is 72.7 cm³/mol. The highest BCUT2D eigenvalue weighted by atomic mass is 16.5. The molecular formula is C14H17N3O2. The molecule has 2 N–H and O–H groups in total. The molecule has 0 spiro atoms. The van der Waals surface area contributed by atoms with Crippen LogP contribution in [0.15, 0.2) is 40.9 Å². The Labute approximate surface area is 112 Å². The van der Waals surface area contributed by atoms with Crippen molar-refractivity contribution in [1.82, 2.24) is 10.5 Å². The molecule has 1 aromatic carbocycles. The molecule has 19 heavy (non-hydrogen) atoms. The molecule has 1 amide bonds. The summed E-state index contributed by atoms with van der Waals surface area (Å²) in [6, 6.07) is 11.8. The second-order valence-electron chi connectivity index (χ2n) is 4.38. The minimum atomic E-state index is -0.143. The number of nitrogens with zero attached hydrogens (tertiary/aromatic N) is 1. The molecule has 5 heteroatoms. The van der Waals surface area contributed by atoms with Crippen LogP contribution >= 0.6 is 0 Å². The third kappa shape index (κ3) is 3.93. The molecule has 0 saturated carbocycles. The van der Waals surface area contributed by atoms with E-state index in [9.17, 15) is 4.79 Å². The average Bonchev–Trinajstić information content (AvgIpc) is 2.82. The number of nitrogens with one attached hydrogen (secondary N) is 2. The molecule has 2 rings (SSSR count). The van der Waals surface area contributed by atoms with E-state index in [0.29, 0.717) is 11.6 Å². The summed E-state index contributed by atoms with van der Waals surface area (Å²) in [7, 11) is 0. The van der Waals surface area contributed by atoms with E-state index >= 15 is 0 Å². The molecule has 0 radical (unpaired) electrons. The van der Waals surface area contributed by atoms with Crippen molar-refractivity contribution in [1.29, 1.82) is 0 Å². The van der Waals surface area contributed by atoms with Crippen LogP contribution in [-0.2, 0) is 4.79 Å². The summed E-state index contributed by atoms with van der Waals surface area (Å²) in [6.07, 6.45) is 0. The average molecular weight is 259 g/mol. The van der Waals surface area contributed by atoms with Gasteiger partial charge in [-0.15, -0.1) is 0 Å². The molecular weight excluding hydrogens is 242 g/mol. The summed E-state index contributed by atoms with van der Waals surface area (Å²) in [5, 5.41) is 9.52. The van der Waals surface area contributed by atoms with Crippen molar-refractivity contribution >= 4 is 11.7 Å². The Morgan fingerprint density at radius 2 is 2.11 bits per heavy atom. The van der Waals surface area contributed by atoms with Gasteiger partial charge in [0.2, 0.25) is 5.91 Å². The van der Waals surface area contributed by atoms with Crippen molar-refractivity contribution in [3.8, 4) is 0 Å². The van der Waals surface area contributed by atoms with Crippen LogP contribution < -0.4 is 10.6 Å². The predicted octanol–water partition coefficient (Wildman–Crippen LogP) is 2.27. The molecule has 1 aromatic heterocycles. The number of carbonyl (C=O) groups is 1. The van der Waals surface area contributed by atoms with Gasteiger partial charge >= 0.3 is 0 Å². The Morgan fingerprint density at radius 1 is 1.37 bits per heavy atom. The van der Waals surface area contributed by atoms with Gasteiger partial charge in [0.15, 0.2) is 5.82 Å². The zero-order chi connectivity index (χ0) is 13.7. The van der Waals surface area contributed by atoms with Gasteiger partial charge in [-0.1, -0.05) is 35.5 Å². The first-order valence-electron chi connectivity index (χ1n) is 6.16. The quantitative estimate of drug-likeness (QED) is 0.864. The Morgan fingerprint density at radius 3 is 2.74 bits per heavy atom. The highest BCUT2D eigenvalue weighted by Gasteiger charge is 2.09. The largest absolute Gasteiger partial charge is 0.360 e. The van der Waals surface area contributed by atoms with Crippen LogP contribution in [0.4, 0.5) is 5.82 Å². The van der Waals surface area contributed by atoms with Crippen LogP contribution in [0.5, 0.6) is 0 Å². The van der Waals surface area contributed by atoms with Crippen LogP contribution in [0.3, 0.4) is 0 Å². The number of rotatable bonds is 5. The van der Waals surface area contributed by atoms with E-state index in [1.54, 1.807) is 13.0 Å². The second kappa shape index (κ2) is 6.15. The lowest BCUT2D eigenvalue weighted by atomic mass is 10.1.